The first-order chi connectivity index (χ1) is 12.8. The third kappa shape index (κ3) is 5.36. The molecule has 0 aromatic heterocycles. The van der Waals surface area contributed by atoms with Gasteiger partial charge in [-0.2, -0.15) is 0 Å². The van der Waals surface area contributed by atoms with Crippen LogP contribution in [-0.2, 0) is 4.79 Å². The summed E-state index contributed by atoms with van der Waals surface area (Å²) in [6, 6.07) is 11.0. The van der Waals surface area contributed by atoms with Gasteiger partial charge in [-0.3, -0.25) is 35.3 Å². The highest BCUT2D eigenvalue weighted by Gasteiger charge is 2.18. The summed E-state index contributed by atoms with van der Waals surface area (Å²) >= 11 is 0. The van der Waals surface area contributed by atoms with Crippen molar-refractivity contribution in [2.75, 3.05) is 0 Å². The van der Waals surface area contributed by atoms with Crippen LogP contribution in [0.2, 0.25) is 0 Å². The van der Waals surface area contributed by atoms with Gasteiger partial charge >= 0.3 is 0 Å². The van der Waals surface area contributed by atoms with Crippen LogP contribution in [0.5, 0.6) is 0 Å². The first-order valence-corrected chi connectivity index (χ1v) is 8.00. The van der Waals surface area contributed by atoms with E-state index < -0.39 is 28.7 Å². The molecule has 0 saturated heterocycles. The SMILES string of the molecule is Cc1cccc(C(=O)N[C@@H](C)C(=O)NNC(=O)c2cccc([N+](=O)[O-])c2)c1. The molecule has 3 amide bonds. The second-order valence-electron chi connectivity index (χ2n) is 5.82. The van der Waals surface area contributed by atoms with Crippen LogP contribution >= 0.6 is 0 Å². The van der Waals surface area contributed by atoms with Crippen molar-refractivity contribution < 1.29 is 19.3 Å². The Labute approximate surface area is 154 Å². The number of aryl methyl sites for hydroxylation is 1. The van der Waals surface area contributed by atoms with Crippen molar-refractivity contribution in [3.8, 4) is 0 Å². The molecule has 0 heterocycles. The van der Waals surface area contributed by atoms with Crippen LogP contribution in [0.3, 0.4) is 0 Å². The van der Waals surface area contributed by atoms with Gasteiger partial charge in [-0.05, 0) is 32.0 Å². The maximum Gasteiger partial charge on any atom is 0.270 e. The van der Waals surface area contributed by atoms with Crippen molar-refractivity contribution in [3.05, 3.63) is 75.3 Å². The number of nitrogens with zero attached hydrogens (tertiary/aromatic N) is 1. The molecule has 3 N–H and O–H groups in total. The maximum absolute atomic E-state index is 12.1. The molecular formula is C18H18N4O5. The van der Waals surface area contributed by atoms with Gasteiger partial charge in [-0.25, -0.2) is 0 Å². The molecule has 0 bridgehead atoms. The number of amides is 3. The number of carbonyl (C=O) groups excluding carboxylic acids is 3. The molecular weight excluding hydrogens is 352 g/mol. The fourth-order valence-electron chi connectivity index (χ4n) is 2.19. The Morgan fingerprint density at radius 2 is 1.59 bits per heavy atom. The quantitative estimate of drug-likeness (QED) is 0.542. The van der Waals surface area contributed by atoms with Crippen LogP contribution in [0, 0.1) is 17.0 Å². The number of hydrogen-bond donors (Lipinski definition) is 3. The van der Waals surface area contributed by atoms with Gasteiger partial charge in [0.1, 0.15) is 6.04 Å². The molecule has 2 aromatic carbocycles. The lowest BCUT2D eigenvalue weighted by molar-refractivity contribution is -0.384. The van der Waals surface area contributed by atoms with Gasteiger partial charge in [0.25, 0.3) is 23.4 Å². The number of non-ortho nitro benzene ring substituents is 1. The van der Waals surface area contributed by atoms with Crippen LogP contribution in [0.1, 0.15) is 33.2 Å². The Hall–Kier alpha value is -3.75. The highest BCUT2D eigenvalue weighted by molar-refractivity contribution is 5.99. The monoisotopic (exact) mass is 370 g/mol. The Morgan fingerprint density at radius 3 is 2.22 bits per heavy atom. The van der Waals surface area contributed by atoms with Crippen molar-refractivity contribution in [1.82, 2.24) is 16.2 Å². The van der Waals surface area contributed by atoms with Crippen molar-refractivity contribution in [2.45, 2.75) is 19.9 Å². The maximum atomic E-state index is 12.1. The molecule has 9 heteroatoms. The molecule has 140 valence electrons. The Balaban J connectivity index is 1.91. The number of rotatable bonds is 5. The highest BCUT2D eigenvalue weighted by atomic mass is 16.6. The van der Waals surface area contributed by atoms with Crippen molar-refractivity contribution >= 4 is 23.4 Å². The largest absolute Gasteiger partial charge is 0.340 e. The van der Waals surface area contributed by atoms with Gasteiger partial charge in [0.2, 0.25) is 0 Å². The average molecular weight is 370 g/mol. The summed E-state index contributed by atoms with van der Waals surface area (Å²) in [7, 11) is 0. The number of nitro groups is 1. The van der Waals surface area contributed by atoms with E-state index in [4.69, 9.17) is 0 Å². The van der Waals surface area contributed by atoms with Gasteiger partial charge in [0.15, 0.2) is 0 Å². The standard InChI is InChI=1S/C18H18N4O5/c1-11-5-3-6-13(9-11)17(24)19-12(2)16(23)20-21-18(25)14-7-4-8-15(10-14)22(26)27/h3-10,12H,1-2H3,(H,19,24)(H,20,23)(H,21,25)/t12-/m0/s1. The van der Waals surface area contributed by atoms with E-state index in [1.54, 1.807) is 18.2 Å². The summed E-state index contributed by atoms with van der Waals surface area (Å²) in [5.74, 6) is -1.79. The fraction of sp³-hybridized carbons (Fsp3) is 0.167. The first-order valence-electron chi connectivity index (χ1n) is 8.00. The lowest BCUT2D eigenvalue weighted by Crippen LogP contribution is -2.51. The Morgan fingerprint density at radius 1 is 0.963 bits per heavy atom. The molecule has 27 heavy (non-hydrogen) atoms. The summed E-state index contributed by atoms with van der Waals surface area (Å²) in [6.45, 7) is 3.30. The smallest absolute Gasteiger partial charge is 0.270 e. The molecule has 0 aliphatic heterocycles. The average Bonchev–Trinajstić information content (AvgIpc) is 2.65. The number of hydrazine groups is 1. The molecule has 2 aromatic rings. The lowest BCUT2D eigenvalue weighted by Gasteiger charge is -2.15. The van der Waals surface area contributed by atoms with Crippen LogP contribution in [0.4, 0.5) is 5.69 Å². The van der Waals surface area contributed by atoms with E-state index in [-0.39, 0.29) is 11.3 Å². The topological polar surface area (TPSA) is 130 Å². The minimum atomic E-state index is -0.913. The number of carbonyl (C=O) groups is 3. The van der Waals surface area contributed by atoms with Crippen LogP contribution in [-0.4, -0.2) is 28.7 Å². The molecule has 0 spiro atoms. The van der Waals surface area contributed by atoms with E-state index in [1.807, 2.05) is 13.0 Å². The molecule has 0 aliphatic carbocycles. The van der Waals surface area contributed by atoms with Crippen molar-refractivity contribution in [1.29, 1.82) is 0 Å². The molecule has 0 saturated carbocycles. The predicted molar refractivity (Wildman–Crippen MR) is 96.8 cm³/mol. The zero-order valence-corrected chi connectivity index (χ0v) is 14.7. The summed E-state index contributed by atoms with van der Waals surface area (Å²) in [5.41, 5.74) is 5.42. The van der Waals surface area contributed by atoms with Gasteiger partial charge in [0, 0.05) is 23.3 Å². The van der Waals surface area contributed by atoms with E-state index in [2.05, 4.69) is 16.2 Å². The van der Waals surface area contributed by atoms with E-state index in [0.29, 0.717) is 5.56 Å². The predicted octanol–water partition coefficient (Wildman–Crippen LogP) is 1.48. The van der Waals surface area contributed by atoms with E-state index in [1.165, 1.54) is 25.1 Å². The molecule has 0 aliphatic rings. The molecule has 2 rings (SSSR count). The van der Waals surface area contributed by atoms with Gasteiger partial charge in [-0.1, -0.05) is 23.8 Å². The minimum absolute atomic E-state index is 0.0148. The van der Waals surface area contributed by atoms with Crippen LogP contribution < -0.4 is 16.2 Å². The van der Waals surface area contributed by atoms with Gasteiger partial charge in [-0.15, -0.1) is 0 Å². The number of nitrogens with one attached hydrogen (secondary N) is 3. The number of hydrogen-bond acceptors (Lipinski definition) is 5. The van der Waals surface area contributed by atoms with Crippen molar-refractivity contribution in [3.63, 3.8) is 0 Å². The summed E-state index contributed by atoms with van der Waals surface area (Å²) in [4.78, 5) is 46.3. The zero-order chi connectivity index (χ0) is 20.0. The summed E-state index contributed by atoms with van der Waals surface area (Å²) < 4.78 is 0. The van der Waals surface area contributed by atoms with E-state index in [0.717, 1.165) is 11.6 Å². The van der Waals surface area contributed by atoms with Crippen molar-refractivity contribution in [2.24, 2.45) is 0 Å². The third-order valence-electron chi connectivity index (χ3n) is 3.64. The van der Waals surface area contributed by atoms with Gasteiger partial charge in [0.05, 0.1) is 4.92 Å². The number of benzene rings is 2. The zero-order valence-electron chi connectivity index (χ0n) is 14.7. The summed E-state index contributed by atoms with van der Waals surface area (Å²) in [6.07, 6.45) is 0. The molecule has 1 atom stereocenters. The second-order valence-corrected chi connectivity index (χ2v) is 5.82. The van der Waals surface area contributed by atoms with Crippen LogP contribution in [0.15, 0.2) is 48.5 Å². The van der Waals surface area contributed by atoms with Gasteiger partial charge < -0.3 is 5.32 Å². The minimum Gasteiger partial charge on any atom is -0.340 e. The highest BCUT2D eigenvalue weighted by Crippen LogP contribution is 2.12. The fourth-order valence-corrected chi connectivity index (χ4v) is 2.19. The molecule has 0 fully saturated rings. The third-order valence-corrected chi connectivity index (χ3v) is 3.64. The molecule has 9 nitrogen and oxygen atoms in total. The molecule has 0 unspecified atom stereocenters. The normalized spacial score (nSPS) is 11.2. The first kappa shape index (κ1) is 19.6. The second kappa shape index (κ2) is 8.56. The lowest BCUT2D eigenvalue weighted by atomic mass is 10.1. The Kier molecular flexibility index (Phi) is 6.21. The molecule has 0 radical (unpaired) electrons. The van der Waals surface area contributed by atoms with Crippen LogP contribution in [0.25, 0.3) is 0 Å². The van der Waals surface area contributed by atoms with E-state index in [9.17, 15) is 24.5 Å². The van der Waals surface area contributed by atoms with E-state index >= 15 is 0 Å². The Bertz CT molecular complexity index is 897. The summed E-state index contributed by atoms with van der Waals surface area (Å²) in [5, 5.41) is 13.3. The number of nitro benzene ring substituents is 1.